The van der Waals surface area contributed by atoms with Gasteiger partial charge in [0, 0.05) is 44.5 Å². The predicted octanol–water partition coefficient (Wildman–Crippen LogP) is 2.71. The van der Waals surface area contributed by atoms with Crippen molar-refractivity contribution in [2.24, 2.45) is 10.9 Å². The van der Waals surface area contributed by atoms with Gasteiger partial charge in [0.15, 0.2) is 5.96 Å². The molecule has 4 rings (SSSR count). The fourth-order valence-corrected chi connectivity index (χ4v) is 3.47. The maximum atomic E-state index is 5.42. The molecule has 2 aromatic rings. The number of nitrogens with zero attached hydrogens (tertiary/aromatic N) is 4. The van der Waals surface area contributed by atoms with E-state index in [1.807, 2.05) is 24.7 Å². The molecule has 2 aromatic heterocycles. The molecule has 3 heterocycles. The monoisotopic (exact) mass is 341 g/mol. The van der Waals surface area contributed by atoms with E-state index in [1.54, 1.807) is 6.26 Å². The highest BCUT2D eigenvalue weighted by Crippen LogP contribution is 2.28. The van der Waals surface area contributed by atoms with Crippen molar-refractivity contribution in [1.29, 1.82) is 0 Å². The molecule has 0 amide bonds. The Morgan fingerprint density at radius 1 is 1.40 bits per heavy atom. The number of guanidine groups is 1. The maximum Gasteiger partial charge on any atom is 0.194 e. The zero-order valence-electron chi connectivity index (χ0n) is 14.8. The average molecular weight is 341 g/mol. The van der Waals surface area contributed by atoms with Gasteiger partial charge >= 0.3 is 0 Å². The first-order valence-electron chi connectivity index (χ1n) is 9.35. The molecule has 0 bridgehead atoms. The lowest BCUT2D eigenvalue weighted by Gasteiger charge is -2.39. The van der Waals surface area contributed by atoms with Crippen molar-refractivity contribution in [3.05, 3.63) is 42.9 Å². The van der Waals surface area contributed by atoms with Crippen LogP contribution in [0, 0.1) is 5.92 Å². The molecule has 0 spiro atoms. The molecule has 2 fully saturated rings. The number of furan rings is 1. The quantitative estimate of drug-likeness (QED) is 0.671. The minimum absolute atomic E-state index is 0.451. The smallest absolute Gasteiger partial charge is 0.194 e. The summed E-state index contributed by atoms with van der Waals surface area (Å²) >= 11 is 0. The summed E-state index contributed by atoms with van der Waals surface area (Å²) in [4.78, 5) is 11.5. The van der Waals surface area contributed by atoms with E-state index < -0.39 is 0 Å². The fourth-order valence-electron chi connectivity index (χ4n) is 3.47. The van der Waals surface area contributed by atoms with Crippen LogP contribution in [0.4, 0.5) is 0 Å². The Morgan fingerprint density at radius 3 is 3.04 bits per heavy atom. The molecule has 6 heteroatoms. The summed E-state index contributed by atoms with van der Waals surface area (Å²) in [6.45, 7) is 5.14. The van der Waals surface area contributed by atoms with Crippen molar-refractivity contribution >= 4 is 5.96 Å². The van der Waals surface area contributed by atoms with Gasteiger partial charge in [0.2, 0.25) is 0 Å². The molecular formula is C19H27N5O. The van der Waals surface area contributed by atoms with Gasteiger partial charge in [0.1, 0.15) is 5.76 Å². The molecule has 1 saturated carbocycles. The number of rotatable bonds is 5. The molecule has 2 atom stereocenters. The van der Waals surface area contributed by atoms with E-state index in [9.17, 15) is 0 Å². The third-order valence-corrected chi connectivity index (χ3v) is 5.24. The molecule has 1 N–H and O–H groups in total. The van der Waals surface area contributed by atoms with Crippen LogP contribution in [0.25, 0.3) is 0 Å². The van der Waals surface area contributed by atoms with E-state index in [-0.39, 0.29) is 0 Å². The standard InChI is InChI=1S/C19H27N5O/c1-15-7-10-23(13-18(15)24-11-9-20-14-24)19(22-16-4-5-16)21-8-6-17-3-2-12-25-17/h2-3,9,11-12,14-16,18H,4-8,10,13H2,1H3,(H,21,22). The van der Waals surface area contributed by atoms with Crippen LogP contribution in [-0.4, -0.2) is 46.1 Å². The largest absolute Gasteiger partial charge is 0.469 e. The SMILES string of the molecule is CC1CCN(C(=NCCc2ccco2)NC2CC2)CC1n1ccnc1. The number of piperidine rings is 1. The number of hydrogen-bond donors (Lipinski definition) is 1. The number of aliphatic imine (C=N–C) groups is 1. The lowest BCUT2D eigenvalue weighted by molar-refractivity contribution is 0.188. The molecule has 134 valence electrons. The third kappa shape index (κ3) is 4.06. The molecule has 1 saturated heterocycles. The number of hydrogen-bond acceptors (Lipinski definition) is 3. The fraction of sp³-hybridized carbons (Fsp3) is 0.579. The topological polar surface area (TPSA) is 58.6 Å². The van der Waals surface area contributed by atoms with Crippen LogP contribution in [0.2, 0.25) is 0 Å². The number of aromatic nitrogens is 2. The van der Waals surface area contributed by atoms with E-state index in [0.29, 0.717) is 18.0 Å². The van der Waals surface area contributed by atoms with Crippen LogP contribution < -0.4 is 5.32 Å². The second-order valence-corrected chi connectivity index (χ2v) is 7.24. The van der Waals surface area contributed by atoms with Crippen LogP contribution in [0.3, 0.4) is 0 Å². The Kier molecular flexibility index (Phi) is 4.76. The van der Waals surface area contributed by atoms with Gasteiger partial charge in [-0.25, -0.2) is 4.98 Å². The molecule has 1 aliphatic heterocycles. The Bertz CT molecular complexity index is 675. The molecule has 2 unspecified atom stereocenters. The summed E-state index contributed by atoms with van der Waals surface area (Å²) in [5.41, 5.74) is 0. The molecule has 2 aliphatic rings. The van der Waals surface area contributed by atoms with Crippen molar-refractivity contribution in [2.45, 2.75) is 44.7 Å². The Morgan fingerprint density at radius 2 is 2.32 bits per heavy atom. The van der Waals surface area contributed by atoms with Crippen LogP contribution in [0.5, 0.6) is 0 Å². The van der Waals surface area contributed by atoms with Gasteiger partial charge in [0.05, 0.1) is 18.6 Å². The van der Waals surface area contributed by atoms with Crippen LogP contribution in [-0.2, 0) is 6.42 Å². The molecule has 0 radical (unpaired) electrons. The zero-order chi connectivity index (χ0) is 17.1. The average Bonchev–Trinajstić information content (AvgIpc) is 3.07. The van der Waals surface area contributed by atoms with E-state index in [4.69, 9.17) is 9.41 Å². The first kappa shape index (κ1) is 16.2. The highest BCUT2D eigenvalue weighted by Gasteiger charge is 2.31. The van der Waals surface area contributed by atoms with E-state index in [2.05, 4.69) is 32.9 Å². The Hall–Kier alpha value is -2.24. The van der Waals surface area contributed by atoms with Gasteiger partial charge in [0.25, 0.3) is 0 Å². The molecular weight excluding hydrogens is 314 g/mol. The number of nitrogens with one attached hydrogen (secondary N) is 1. The van der Waals surface area contributed by atoms with Crippen LogP contribution in [0.15, 0.2) is 46.5 Å². The molecule has 25 heavy (non-hydrogen) atoms. The Balaban J connectivity index is 1.44. The lowest BCUT2D eigenvalue weighted by atomic mass is 9.93. The second-order valence-electron chi connectivity index (χ2n) is 7.24. The van der Waals surface area contributed by atoms with Crippen LogP contribution in [0.1, 0.15) is 38.0 Å². The van der Waals surface area contributed by atoms with E-state index >= 15 is 0 Å². The van der Waals surface area contributed by atoms with Crippen molar-refractivity contribution in [3.63, 3.8) is 0 Å². The highest BCUT2D eigenvalue weighted by atomic mass is 16.3. The van der Waals surface area contributed by atoms with Gasteiger partial charge in [-0.2, -0.15) is 0 Å². The third-order valence-electron chi connectivity index (χ3n) is 5.24. The zero-order valence-corrected chi connectivity index (χ0v) is 14.8. The summed E-state index contributed by atoms with van der Waals surface area (Å²) in [7, 11) is 0. The summed E-state index contributed by atoms with van der Waals surface area (Å²) in [6, 6.07) is 5.01. The highest BCUT2D eigenvalue weighted by molar-refractivity contribution is 5.80. The van der Waals surface area contributed by atoms with E-state index in [0.717, 1.165) is 37.8 Å². The minimum Gasteiger partial charge on any atom is -0.469 e. The van der Waals surface area contributed by atoms with Crippen molar-refractivity contribution in [3.8, 4) is 0 Å². The van der Waals surface area contributed by atoms with Gasteiger partial charge in [-0.15, -0.1) is 0 Å². The lowest BCUT2D eigenvalue weighted by Crippen LogP contribution is -2.49. The van der Waals surface area contributed by atoms with Gasteiger partial charge in [-0.1, -0.05) is 6.92 Å². The van der Waals surface area contributed by atoms with Crippen molar-refractivity contribution in [2.75, 3.05) is 19.6 Å². The minimum atomic E-state index is 0.451. The summed E-state index contributed by atoms with van der Waals surface area (Å²) in [5, 5.41) is 3.64. The van der Waals surface area contributed by atoms with Gasteiger partial charge in [-0.3, -0.25) is 4.99 Å². The molecule has 1 aliphatic carbocycles. The number of likely N-dealkylation sites (tertiary alicyclic amines) is 1. The summed E-state index contributed by atoms with van der Waals surface area (Å²) in [5.74, 6) is 2.71. The van der Waals surface area contributed by atoms with E-state index in [1.165, 1.54) is 19.3 Å². The van der Waals surface area contributed by atoms with Gasteiger partial charge < -0.3 is 19.2 Å². The number of imidazole rings is 1. The molecule has 0 aromatic carbocycles. The van der Waals surface area contributed by atoms with Crippen molar-refractivity contribution in [1.82, 2.24) is 19.8 Å². The summed E-state index contributed by atoms with van der Waals surface area (Å²) in [6.07, 6.45) is 12.1. The Labute approximate surface area is 148 Å². The second kappa shape index (κ2) is 7.33. The first-order chi connectivity index (χ1) is 12.3. The predicted molar refractivity (Wildman–Crippen MR) is 97.5 cm³/mol. The van der Waals surface area contributed by atoms with Crippen molar-refractivity contribution < 1.29 is 4.42 Å². The molecule has 6 nitrogen and oxygen atoms in total. The summed E-state index contributed by atoms with van der Waals surface area (Å²) < 4.78 is 7.67. The maximum absolute atomic E-state index is 5.42. The normalized spacial score (nSPS) is 24.5. The van der Waals surface area contributed by atoms with Gasteiger partial charge in [-0.05, 0) is 37.3 Å². The van der Waals surface area contributed by atoms with Crippen LogP contribution >= 0.6 is 0 Å². The first-order valence-corrected chi connectivity index (χ1v) is 9.35.